The van der Waals surface area contributed by atoms with E-state index in [1.807, 2.05) is 0 Å². The number of hydrogen-bond acceptors (Lipinski definition) is 2. The van der Waals surface area contributed by atoms with Gasteiger partial charge in [-0.25, -0.2) is 9.18 Å². The summed E-state index contributed by atoms with van der Waals surface area (Å²) in [6.07, 6.45) is 0. The number of para-hydroxylation sites is 1. The zero-order valence-electron chi connectivity index (χ0n) is 10.1. The fourth-order valence-corrected chi connectivity index (χ4v) is 2.12. The monoisotopic (exact) mass is 313 g/mol. The van der Waals surface area contributed by atoms with Gasteiger partial charge < -0.3 is 10.4 Å². The van der Waals surface area contributed by atoms with Gasteiger partial charge in [0.1, 0.15) is 5.82 Å². The second-order valence-electron chi connectivity index (χ2n) is 4.04. The molecule has 0 saturated heterocycles. The molecule has 0 spiro atoms. The Hall–Kier alpha value is -1.78. The molecule has 1 atom stereocenters. The van der Waals surface area contributed by atoms with Crippen LogP contribution in [-0.4, -0.2) is 11.1 Å². The van der Waals surface area contributed by atoms with E-state index in [4.69, 9.17) is 23.2 Å². The molecule has 0 saturated carbocycles. The molecule has 0 fully saturated rings. The van der Waals surface area contributed by atoms with Gasteiger partial charge in [-0.3, -0.25) is 0 Å². The summed E-state index contributed by atoms with van der Waals surface area (Å²) in [5, 5.41) is 12.2. The Morgan fingerprint density at radius 2 is 1.75 bits per heavy atom. The number of rotatable bonds is 4. The lowest BCUT2D eigenvalue weighted by Crippen LogP contribution is -2.22. The molecule has 0 aliphatic rings. The summed E-state index contributed by atoms with van der Waals surface area (Å²) >= 11 is 11.6. The Bertz CT molecular complexity index is 649. The second kappa shape index (κ2) is 6.11. The first-order valence-electron chi connectivity index (χ1n) is 5.68. The van der Waals surface area contributed by atoms with Crippen LogP contribution in [0.25, 0.3) is 0 Å². The van der Waals surface area contributed by atoms with Crippen LogP contribution in [0.2, 0.25) is 10.0 Å². The van der Waals surface area contributed by atoms with E-state index < -0.39 is 17.8 Å². The van der Waals surface area contributed by atoms with Crippen molar-refractivity contribution in [2.24, 2.45) is 0 Å². The molecular formula is C14H10Cl2FNO2. The highest BCUT2D eigenvalue weighted by Crippen LogP contribution is 2.29. The van der Waals surface area contributed by atoms with Crippen molar-refractivity contribution in [1.29, 1.82) is 0 Å². The third-order valence-corrected chi connectivity index (χ3v) is 3.33. The number of nitrogens with one attached hydrogen (secondary N) is 1. The van der Waals surface area contributed by atoms with Crippen LogP contribution in [0.3, 0.4) is 0 Å². The van der Waals surface area contributed by atoms with Gasteiger partial charge >= 0.3 is 5.97 Å². The van der Waals surface area contributed by atoms with Gasteiger partial charge in [0.2, 0.25) is 0 Å². The molecule has 2 rings (SSSR count). The number of carbonyl (C=O) groups is 1. The fourth-order valence-electron chi connectivity index (χ4n) is 1.75. The van der Waals surface area contributed by atoms with Crippen molar-refractivity contribution in [2.45, 2.75) is 6.04 Å². The Morgan fingerprint density at radius 3 is 2.40 bits per heavy atom. The Balaban J connectivity index is 2.40. The summed E-state index contributed by atoms with van der Waals surface area (Å²) in [6, 6.07) is 9.56. The summed E-state index contributed by atoms with van der Waals surface area (Å²) < 4.78 is 13.9. The molecule has 0 radical (unpaired) electrons. The van der Waals surface area contributed by atoms with Crippen molar-refractivity contribution in [3.05, 3.63) is 63.9 Å². The Morgan fingerprint density at radius 1 is 1.10 bits per heavy atom. The molecule has 0 amide bonds. The largest absolute Gasteiger partial charge is 0.479 e. The minimum atomic E-state index is -1.28. The van der Waals surface area contributed by atoms with E-state index in [9.17, 15) is 14.3 Å². The summed E-state index contributed by atoms with van der Waals surface area (Å²) in [5.41, 5.74) is 0.353. The van der Waals surface area contributed by atoms with Crippen molar-refractivity contribution in [3.63, 3.8) is 0 Å². The maximum Gasteiger partial charge on any atom is 0.330 e. The van der Waals surface area contributed by atoms with Crippen LogP contribution in [-0.2, 0) is 4.79 Å². The van der Waals surface area contributed by atoms with E-state index in [0.29, 0.717) is 10.7 Å². The van der Waals surface area contributed by atoms with Crippen LogP contribution in [0.15, 0.2) is 42.5 Å². The van der Waals surface area contributed by atoms with Gasteiger partial charge in [-0.2, -0.15) is 0 Å². The Kier molecular flexibility index (Phi) is 4.47. The number of carboxylic acid groups (broad SMARTS) is 1. The van der Waals surface area contributed by atoms with Crippen molar-refractivity contribution in [2.75, 3.05) is 5.32 Å². The smallest absolute Gasteiger partial charge is 0.330 e. The van der Waals surface area contributed by atoms with Crippen molar-refractivity contribution < 1.29 is 14.3 Å². The van der Waals surface area contributed by atoms with Gasteiger partial charge in [-0.15, -0.1) is 0 Å². The van der Waals surface area contributed by atoms with E-state index in [0.717, 1.165) is 0 Å². The first-order valence-corrected chi connectivity index (χ1v) is 6.44. The molecule has 0 aromatic heterocycles. The van der Waals surface area contributed by atoms with Crippen LogP contribution in [0.1, 0.15) is 11.6 Å². The number of hydrogen-bond donors (Lipinski definition) is 2. The molecule has 0 bridgehead atoms. The van der Waals surface area contributed by atoms with E-state index in [1.54, 1.807) is 24.3 Å². The zero-order valence-corrected chi connectivity index (χ0v) is 11.6. The van der Waals surface area contributed by atoms with Crippen molar-refractivity contribution in [1.82, 2.24) is 0 Å². The Labute approximate surface area is 124 Å². The summed E-state index contributed by atoms with van der Waals surface area (Å²) in [6.45, 7) is 0. The predicted octanol–water partition coefficient (Wildman–Crippen LogP) is 4.37. The lowest BCUT2D eigenvalue weighted by atomic mass is 10.1. The minimum absolute atomic E-state index is 0.0510. The zero-order chi connectivity index (χ0) is 14.7. The van der Waals surface area contributed by atoms with Gasteiger partial charge in [0.15, 0.2) is 6.04 Å². The molecule has 20 heavy (non-hydrogen) atoms. The second-order valence-corrected chi connectivity index (χ2v) is 4.85. The van der Waals surface area contributed by atoms with Crippen molar-refractivity contribution >= 4 is 34.9 Å². The first kappa shape index (κ1) is 14.6. The van der Waals surface area contributed by atoms with Crippen LogP contribution in [0.5, 0.6) is 0 Å². The molecular weight excluding hydrogens is 304 g/mol. The first-order chi connectivity index (χ1) is 9.50. The molecule has 3 nitrogen and oxygen atoms in total. The minimum Gasteiger partial charge on any atom is -0.479 e. The van der Waals surface area contributed by atoms with E-state index >= 15 is 0 Å². The molecule has 0 heterocycles. The number of benzene rings is 2. The van der Waals surface area contributed by atoms with E-state index in [1.165, 1.54) is 18.2 Å². The molecule has 0 aliphatic carbocycles. The van der Waals surface area contributed by atoms with Crippen molar-refractivity contribution in [3.8, 4) is 0 Å². The number of carboxylic acids is 1. The quantitative estimate of drug-likeness (QED) is 0.881. The van der Waals surface area contributed by atoms with E-state index in [2.05, 4.69) is 5.32 Å². The number of halogens is 3. The normalized spacial score (nSPS) is 11.9. The summed E-state index contributed by atoms with van der Waals surface area (Å²) in [5.74, 6) is -1.99. The maximum absolute atomic E-state index is 13.9. The molecule has 2 N–H and O–H groups in total. The molecule has 1 unspecified atom stereocenters. The highest BCUT2D eigenvalue weighted by atomic mass is 35.5. The number of anilines is 1. The summed E-state index contributed by atoms with van der Waals surface area (Å²) in [4.78, 5) is 11.4. The van der Waals surface area contributed by atoms with Crippen LogP contribution < -0.4 is 5.32 Å². The van der Waals surface area contributed by atoms with Crippen LogP contribution in [0, 0.1) is 5.82 Å². The molecule has 2 aromatic carbocycles. The standard InChI is InChI=1S/C14H10Cl2FNO2/c15-9-5-1-2-7-11(9)18-13(14(19)20)8-4-3-6-10(16)12(8)17/h1-7,13,18H,(H,19,20). The summed E-state index contributed by atoms with van der Waals surface area (Å²) in [7, 11) is 0. The molecule has 2 aromatic rings. The lowest BCUT2D eigenvalue weighted by Gasteiger charge is -2.18. The topological polar surface area (TPSA) is 49.3 Å². The predicted molar refractivity (Wildman–Crippen MR) is 76.9 cm³/mol. The van der Waals surface area contributed by atoms with E-state index in [-0.39, 0.29) is 10.6 Å². The van der Waals surface area contributed by atoms with Gasteiger partial charge in [0.25, 0.3) is 0 Å². The average Bonchev–Trinajstić information content (AvgIpc) is 2.41. The third kappa shape index (κ3) is 3.03. The van der Waals surface area contributed by atoms with Gasteiger partial charge in [0.05, 0.1) is 15.7 Å². The maximum atomic E-state index is 13.9. The molecule has 0 aliphatic heterocycles. The highest BCUT2D eigenvalue weighted by molar-refractivity contribution is 6.33. The lowest BCUT2D eigenvalue weighted by molar-refractivity contribution is -0.138. The fraction of sp³-hybridized carbons (Fsp3) is 0.0714. The van der Waals surface area contributed by atoms with Crippen LogP contribution >= 0.6 is 23.2 Å². The third-order valence-electron chi connectivity index (χ3n) is 2.71. The van der Waals surface area contributed by atoms with Gasteiger partial charge in [-0.1, -0.05) is 47.5 Å². The average molecular weight is 314 g/mol. The van der Waals surface area contributed by atoms with Gasteiger partial charge in [-0.05, 0) is 18.2 Å². The SMILES string of the molecule is O=C(O)C(Nc1ccccc1Cl)c1cccc(Cl)c1F. The highest BCUT2D eigenvalue weighted by Gasteiger charge is 2.24. The number of aliphatic carboxylic acids is 1. The molecule has 104 valence electrons. The van der Waals surface area contributed by atoms with Crippen LogP contribution in [0.4, 0.5) is 10.1 Å². The van der Waals surface area contributed by atoms with Gasteiger partial charge in [0, 0.05) is 5.56 Å². The molecule has 6 heteroatoms.